The number of carboxylic acids is 1. The largest absolute Gasteiger partial charge is 0.480 e. The van der Waals surface area contributed by atoms with Gasteiger partial charge in [0, 0.05) is 17.1 Å². The first-order valence-electron chi connectivity index (χ1n) is 10.4. The summed E-state index contributed by atoms with van der Waals surface area (Å²) in [7, 11) is 0. The Morgan fingerprint density at radius 3 is 1.82 bits per heavy atom. The second-order valence-corrected chi connectivity index (χ2v) is 8.26. The predicted octanol–water partition coefficient (Wildman–Crippen LogP) is 4.92. The molecule has 1 aliphatic heterocycles. The van der Waals surface area contributed by atoms with Crippen LogP contribution in [0, 0.1) is 13.8 Å². The van der Waals surface area contributed by atoms with Crippen LogP contribution < -0.4 is 10.2 Å². The second-order valence-electron chi connectivity index (χ2n) is 7.87. The van der Waals surface area contributed by atoms with Gasteiger partial charge < -0.3 is 15.3 Å². The van der Waals surface area contributed by atoms with Gasteiger partial charge in [-0.1, -0.05) is 47.5 Å². The van der Waals surface area contributed by atoms with E-state index in [0.29, 0.717) is 0 Å². The van der Waals surface area contributed by atoms with Crippen LogP contribution in [-0.4, -0.2) is 33.5 Å². The normalized spacial score (nSPS) is 14.5. The Labute approximate surface area is 197 Å². The Balaban J connectivity index is 1.64. The molecule has 1 saturated heterocycles. The van der Waals surface area contributed by atoms with E-state index < -0.39 is 18.4 Å². The van der Waals surface area contributed by atoms with Gasteiger partial charge in [0.2, 0.25) is 0 Å². The fourth-order valence-electron chi connectivity index (χ4n) is 3.57. The molecule has 7 heteroatoms. The van der Waals surface area contributed by atoms with E-state index in [0.717, 1.165) is 27.5 Å². The molecule has 0 spiro atoms. The summed E-state index contributed by atoms with van der Waals surface area (Å²) in [5, 5.41) is 11.9. The molecule has 3 aromatic rings. The highest BCUT2D eigenvalue weighted by Gasteiger charge is 2.31. The van der Waals surface area contributed by atoms with Gasteiger partial charge in [-0.05, 0) is 74.1 Å². The molecule has 4 rings (SSSR count). The van der Waals surface area contributed by atoms with Gasteiger partial charge in [0.15, 0.2) is 5.11 Å². The smallest absolute Gasteiger partial charge is 0.323 e. The third-order valence-corrected chi connectivity index (χ3v) is 5.62. The van der Waals surface area contributed by atoms with Crippen molar-refractivity contribution in [1.82, 2.24) is 10.2 Å². The maximum atomic E-state index is 12.5. The molecule has 0 aromatic heterocycles. The van der Waals surface area contributed by atoms with E-state index in [-0.39, 0.29) is 10.8 Å². The lowest BCUT2D eigenvalue weighted by molar-refractivity contribution is -0.140. The summed E-state index contributed by atoms with van der Waals surface area (Å²) in [5.41, 5.74) is 6.47. The molecule has 1 aliphatic rings. The first-order valence-corrected chi connectivity index (χ1v) is 10.8. The highest BCUT2D eigenvalue weighted by atomic mass is 32.1. The third-order valence-electron chi connectivity index (χ3n) is 5.30. The quantitative estimate of drug-likeness (QED) is 0.405. The number of hydrogen-bond acceptors (Lipinski definition) is 4. The number of nitrogens with one attached hydrogen (secondary N) is 1. The lowest BCUT2D eigenvalue weighted by Crippen LogP contribution is -2.35. The number of aryl methyl sites for hydroxylation is 2. The van der Waals surface area contributed by atoms with E-state index in [9.17, 15) is 9.59 Å². The second kappa shape index (κ2) is 9.26. The highest BCUT2D eigenvalue weighted by molar-refractivity contribution is 7.80. The number of nitrogens with zero attached hydrogens (tertiary/aromatic N) is 2. The average molecular weight is 458 g/mol. The van der Waals surface area contributed by atoms with E-state index in [1.54, 1.807) is 6.08 Å². The van der Waals surface area contributed by atoms with Crippen molar-refractivity contribution in [2.24, 2.45) is 0 Å². The molecule has 166 valence electrons. The Bertz CT molecular complexity index is 1190. The monoisotopic (exact) mass is 457 g/mol. The van der Waals surface area contributed by atoms with Crippen LogP contribution in [0.15, 0.2) is 78.5 Å². The van der Waals surface area contributed by atoms with Gasteiger partial charge in [-0.25, -0.2) is 0 Å². The summed E-state index contributed by atoms with van der Waals surface area (Å²) in [6.07, 6.45) is 1.67. The van der Waals surface area contributed by atoms with Crippen LogP contribution in [0.2, 0.25) is 0 Å². The zero-order valence-electron chi connectivity index (χ0n) is 18.3. The zero-order valence-corrected chi connectivity index (χ0v) is 19.1. The Morgan fingerprint density at radius 2 is 1.36 bits per heavy atom. The summed E-state index contributed by atoms with van der Waals surface area (Å²) >= 11 is 5.09. The molecule has 0 atom stereocenters. The maximum absolute atomic E-state index is 12.5. The molecular weight excluding hydrogens is 434 g/mol. The number of rotatable bonds is 6. The van der Waals surface area contributed by atoms with Crippen LogP contribution in [0.1, 0.15) is 16.7 Å². The summed E-state index contributed by atoms with van der Waals surface area (Å²) in [5.74, 6) is -1.57. The van der Waals surface area contributed by atoms with Crippen molar-refractivity contribution in [2.75, 3.05) is 11.4 Å². The van der Waals surface area contributed by atoms with Crippen LogP contribution >= 0.6 is 12.2 Å². The molecule has 0 saturated carbocycles. The Hall–Kier alpha value is -3.97. The van der Waals surface area contributed by atoms with Crippen molar-refractivity contribution in [3.63, 3.8) is 0 Å². The topological polar surface area (TPSA) is 72.9 Å². The summed E-state index contributed by atoms with van der Waals surface area (Å²) < 4.78 is 0. The molecule has 3 aromatic carbocycles. The molecule has 1 fully saturated rings. The number of carbonyl (C=O) groups excluding carboxylic acids is 1. The number of benzene rings is 3. The van der Waals surface area contributed by atoms with Crippen LogP contribution in [0.5, 0.6) is 0 Å². The van der Waals surface area contributed by atoms with Crippen LogP contribution in [0.25, 0.3) is 6.08 Å². The minimum atomic E-state index is -1.12. The zero-order chi connectivity index (χ0) is 23.5. The third kappa shape index (κ3) is 4.94. The number of amides is 1. The first kappa shape index (κ1) is 22.2. The van der Waals surface area contributed by atoms with Crippen molar-refractivity contribution >= 4 is 52.3 Å². The molecule has 1 heterocycles. The number of aliphatic carboxylic acids is 1. The van der Waals surface area contributed by atoms with Crippen molar-refractivity contribution in [3.8, 4) is 0 Å². The SMILES string of the molecule is Cc1ccc(N(c2ccc(C)cc2)c2ccc(/C=C3\NC(=S)N(CC(=O)O)C3=O)cc2)cc1. The lowest BCUT2D eigenvalue weighted by atomic mass is 10.1. The number of carbonyl (C=O) groups is 2. The van der Waals surface area contributed by atoms with Crippen LogP contribution in [0.3, 0.4) is 0 Å². The number of anilines is 3. The molecule has 6 nitrogen and oxygen atoms in total. The van der Waals surface area contributed by atoms with Crippen molar-refractivity contribution in [1.29, 1.82) is 0 Å². The molecule has 0 bridgehead atoms. The Morgan fingerprint density at radius 1 is 0.909 bits per heavy atom. The summed E-state index contributed by atoms with van der Waals surface area (Å²) in [4.78, 5) is 26.7. The number of hydrogen-bond donors (Lipinski definition) is 2. The molecule has 2 N–H and O–H groups in total. The molecular formula is C26H23N3O3S. The molecule has 33 heavy (non-hydrogen) atoms. The molecule has 1 amide bonds. The maximum Gasteiger partial charge on any atom is 0.323 e. The van der Waals surface area contributed by atoms with Crippen molar-refractivity contribution < 1.29 is 14.7 Å². The van der Waals surface area contributed by atoms with Crippen LogP contribution in [-0.2, 0) is 9.59 Å². The van der Waals surface area contributed by atoms with Gasteiger partial charge in [0.1, 0.15) is 12.2 Å². The van der Waals surface area contributed by atoms with Gasteiger partial charge in [0.05, 0.1) is 0 Å². The molecule has 0 aliphatic carbocycles. The molecule has 0 radical (unpaired) electrons. The Kier molecular flexibility index (Phi) is 6.24. The number of thiocarbonyl (C=S) groups is 1. The van der Waals surface area contributed by atoms with Gasteiger partial charge >= 0.3 is 5.97 Å². The highest BCUT2D eigenvalue weighted by Crippen LogP contribution is 2.35. The van der Waals surface area contributed by atoms with Gasteiger partial charge in [0.25, 0.3) is 5.91 Å². The number of carboxylic acid groups (broad SMARTS) is 1. The minimum absolute atomic E-state index is 0.0928. The van der Waals surface area contributed by atoms with Crippen LogP contribution in [0.4, 0.5) is 17.1 Å². The van der Waals surface area contributed by atoms with E-state index in [2.05, 4.69) is 72.6 Å². The van der Waals surface area contributed by atoms with E-state index >= 15 is 0 Å². The summed E-state index contributed by atoms with van der Waals surface area (Å²) in [6.45, 7) is 3.65. The van der Waals surface area contributed by atoms with E-state index in [1.807, 2.05) is 24.3 Å². The predicted molar refractivity (Wildman–Crippen MR) is 134 cm³/mol. The van der Waals surface area contributed by atoms with Gasteiger partial charge in [-0.3, -0.25) is 14.5 Å². The van der Waals surface area contributed by atoms with E-state index in [1.165, 1.54) is 11.1 Å². The van der Waals surface area contributed by atoms with Crippen molar-refractivity contribution in [2.45, 2.75) is 13.8 Å². The minimum Gasteiger partial charge on any atom is -0.480 e. The van der Waals surface area contributed by atoms with Gasteiger partial charge in [-0.15, -0.1) is 0 Å². The first-order chi connectivity index (χ1) is 15.8. The van der Waals surface area contributed by atoms with E-state index in [4.69, 9.17) is 17.3 Å². The standard InChI is InChI=1S/C26H23N3O3S/c1-17-3-9-20(10-4-17)29(21-11-5-18(2)6-12-21)22-13-7-19(8-14-22)15-23-25(32)28(16-24(30)31)26(33)27-23/h3-15H,16H2,1-2H3,(H,27,33)(H,30,31)/b23-15-. The fraction of sp³-hybridized carbons (Fsp3) is 0.115. The summed E-state index contributed by atoms with van der Waals surface area (Å²) in [6, 6.07) is 24.5. The fourth-order valence-corrected chi connectivity index (χ4v) is 3.83. The van der Waals surface area contributed by atoms with Gasteiger partial charge in [-0.2, -0.15) is 0 Å². The van der Waals surface area contributed by atoms with Crippen molar-refractivity contribution in [3.05, 3.63) is 95.2 Å². The average Bonchev–Trinajstić information content (AvgIpc) is 3.04. The molecule has 0 unspecified atom stereocenters. The lowest BCUT2D eigenvalue weighted by Gasteiger charge is -2.26.